The van der Waals surface area contributed by atoms with Crippen LogP contribution in [0.1, 0.15) is 11.1 Å². The first-order chi connectivity index (χ1) is 17.9. The van der Waals surface area contributed by atoms with Crippen LogP contribution >= 0.6 is 23.4 Å². The van der Waals surface area contributed by atoms with Crippen LogP contribution in [0.3, 0.4) is 0 Å². The van der Waals surface area contributed by atoms with Gasteiger partial charge in [-0.05, 0) is 48.2 Å². The third kappa shape index (κ3) is 5.23. The second-order valence-corrected chi connectivity index (χ2v) is 9.49. The zero-order valence-electron chi connectivity index (χ0n) is 19.5. The third-order valence-corrected chi connectivity index (χ3v) is 6.81. The maximum absolute atomic E-state index is 14.3. The van der Waals surface area contributed by atoms with Crippen molar-refractivity contribution in [1.29, 1.82) is 0 Å². The fraction of sp³-hybridized carbons (Fsp3) is 0.0741. The number of rotatable bonds is 8. The first kappa shape index (κ1) is 24.6. The van der Waals surface area contributed by atoms with E-state index in [0.717, 1.165) is 22.7 Å². The summed E-state index contributed by atoms with van der Waals surface area (Å²) < 4.78 is 21.6. The molecule has 0 bridgehead atoms. The average Bonchev–Trinajstić information content (AvgIpc) is 3.50. The van der Waals surface area contributed by atoms with Crippen LogP contribution in [-0.2, 0) is 11.3 Å². The van der Waals surface area contributed by atoms with Gasteiger partial charge in [0, 0.05) is 33.2 Å². The lowest BCUT2D eigenvalue weighted by molar-refractivity contribution is -0.131. The van der Waals surface area contributed by atoms with E-state index < -0.39 is 5.97 Å². The Morgan fingerprint density at radius 3 is 2.76 bits per heavy atom. The van der Waals surface area contributed by atoms with Crippen molar-refractivity contribution in [2.75, 3.05) is 7.11 Å². The summed E-state index contributed by atoms with van der Waals surface area (Å²) >= 11 is 7.04. The van der Waals surface area contributed by atoms with E-state index in [0.29, 0.717) is 39.8 Å². The molecule has 0 aliphatic heterocycles. The zero-order chi connectivity index (χ0) is 25.9. The number of aromatic amines is 1. The topological polar surface area (TPSA) is 93.0 Å². The van der Waals surface area contributed by atoms with Crippen LogP contribution < -0.4 is 4.74 Å². The van der Waals surface area contributed by atoms with Gasteiger partial charge in [-0.3, -0.25) is 5.10 Å². The third-order valence-electron chi connectivity index (χ3n) is 5.70. The van der Waals surface area contributed by atoms with Gasteiger partial charge in [-0.25, -0.2) is 14.2 Å². The number of carbonyl (C=O) groups is 1. The maximum Gasteiger partial charge on any atom is 0.342 e. The van der Waals surface area contributed by atoms with Crippen molar-refractivity contribution in [2.45, 2.75) is 11.7 Å². The summed E-state index contributed by atoms with van der Waals surface area (Å²) in [5, 5.41) is 18.5. The van der Waals surface area contributed by atoms with Crippen molar-refractivity contribution in [2.24, 2.45) is 0 Å². The molecule has 0 radical (unpaired) electrons. The van der Waals surface area contributed by atoms with Gasteiger partial charge in [-0.2, -0.15) is 0 Å². The highest BCUT2D eigenvalue weighted by atomic mass is 35.5. The number of methoxy groups -OCH3 is 1. The molecule has 0 aliphatic rings. The molecule has 5 aromatic rings. The summed E-state index contributed by atoms with van der Waals surface area (Å²) in [6, 6.07) is 19.3. The van der Waals surface area contributed by atoms with Crippen LogP contribution in [0.25, 0.3) is 28.4 Å². The smallest absolute Gasteiger partial charge is 0.342 e. The highest BCUT2D eigenvalue weighted by Crippen LogP contribution is 2.34. The number of benzene rings is 3. The van der Waals surface area contributed by atoms with Gasteiger partial charge in [0.05, 0.1) is 19.2 Å². The highest BCUT2D eigenvalue weighted by molar-refractivity contribution is 8.04. The molecule has 0 spiro atoms. The van der Waals surface area contributed by atoms with Crippen LogP contribution in [0.15, 0.2) is 83.0 Å². The number of fused-ring (bicyclic) bond motifs is 1. The minimum Gasteiger partial charge on any atom is -0.496 e. The highest BCUT2D eigenvalue weighted by Gasteiger charge is 2.18. The molecule has 10 heteroatoms. The molecule has 0 fully saturated rings. The molecule has 0 saturated carbocycles. The van der Waals surface area contributed by atoms with E-state index in [4.69, 9.17) is 16.3 Å². The lowest BCUT2D eigenvalue weighted by Gasteiger charge is -2.06. The molecule has 37 heavy (non-hydrogen) atoms. The van der Waals surface area contributed by atoms with Crippen LogP contribution in [0, 0.1) is 5.82 Å². The van der Waals surface area contributed by atoms with Crippen molar-refractivity contribution >= 4 is 46.3 Å². The van der Waals surface area contributed by atoms with Crippen molar-refractivity contribution in [1.82, 2.24) is 19.7 Å². The lowest BCUT2D eigenvalue weighted by atomic mass is 10.1. The monoisotopic (exact) mass is 534 g/mol. The lowest BCUT2D eigenvalue weighted by Crippen LogP contribution is -2.00. The normalized spacial score (nSPS) is 11.7. The number of hydrogen-bond donors (Lipinski definition) is 2. The predicted octanol–water partition coefficient (Wildman–Crippen LogP) is 6.49. The van der Waals surface area contributed by atoms with E-state index in [2.05, 4.69) is 15.2 Å². The molecular weight excluding hydrogens is 515 g/mol. The fourth-order valence-corrected chi connectivity index (χ4v) is 4.85. The van der Waals surface area contributed by atoms with Gasteiger partial charge in [0.1, 0.15) is 16.5 Å². The second-order valence-electron chi connectivity index (χ2n) is 8.05. The van der Waals surface area contributed by atoms with E-state index in [-0.39, 0.29) is 15.9 Å². The summed E-state index contributed by atoms with van der Waals surface area (Å²) in [7, 11) is 1.53. The number of carboxylic acid groups (broad SMARTS) is 1. The Kier molecular flexibility index (Phi) is 6.98. The van der Waals surface area contributed by atoms with Crippen molar-refractivity contribution in [3.05, 3.63) is 99.8 Å². The van der Waals surface area contributed by atoms with Crippen LogP contribution in [0.4, 0.5) is 4.39 Å². The van der Waals surface area contributed by atoms with E-state index in [1.54, 1.807) is 42.5 Å². The minimum absolute atomic E-state index is 0.0254. The molecule has 0 atom stereocenters. The summed E-state index contributed by atoms with van der Waals surface area (Å²) in [6.45, 7) is 0.308. The van der Waals surface area contributed by atoms with Crippen molar-refractivity contribution in [3.63, 3.8) is 0 Å². The number of para-hydroxylation sites is 1. The van der Waals surface area contributed by atoms with Crippen LogP contribution in [0.2, 0.25) is 5.02 Å². The summed E-state index contributed by atoms with van der Waals surface area (Å²) in [5.74, 6) is -0.472. The zero-order valence-corrected chi connectivity index (χ0v) is 21.1. The molecular formula is C27H20ClFN4O3S. The van der Waals surface area contributed by atoms with Gasteiger partial charge in [0.15, 0.2) is 5.82 Å². The fourth-order valence-electron chi connectivity index (χ4n) is 3.98. The molecule has 186 valence electrons. The first-order valence-electron chi connectivity index (χ1n) is 11.1. The number of nitrogens with one attached hydrogen (secondary N) is 1. The first-order valence-corrected chi connectivity index (χ1v) is 12.3. The Morgan fingerprint density at radius 1 is 1.19 bits per heavy atom. The van der Waals surface area contributed by atoms with Crippen LogP contribution in [-0.4, -0.2) is 37.9 Å². The molecule has 3 aromatic carbocycles. The van der Waals surface area contributed by atoms with Gasteiger partial charge in [-0.1, -0.05) is 48.0 Å². The molecule has 7 nitrogen and oxygen atoms in total. The van der Waals surface area contributed by atoms with Gasteiger partial charge in [0.2, 0.25) is 5.16 Å². The SMILES string of the molecule is COc1ccc(Cl)cc1-c1nc(S/C(=C\c2cn(Cc3ccccc3F)c3ccccc23)C(=O)O)n[nH]1. The van der Waals surface area contributed by atoms with E-state index in [1.165, 1.54) is 13.2 Å². The Bertz CT molecular complexity index is 1650. The van der Waals surface area contributed by atoms with E-state index >= 15 is 0 Å². The number of aromatic nitrogens is 4. The van der Waals surface area contributed by atoms with Gasteiger partial charge < -0.3 is 14.4 Å². The van der Waals surface area contributed by atoms with E-state index in [9.17, 15) is 14.3 Å². The average molecular weight is 535 g/mol. The molecule has 0 aliphatic carbocycles. The number of nitrogens with zero attached hydrogens (tertiary/aromatic N) is 3. The molecule has 0 amide bonds. The minimum atomic E-state index is -1.12. The van der Waals surface area contributed by atoms with Gasteiger partial charge in [0.25, 0.3) is 0 Å². The number of halogens is 2. The number of hydrogen-bond acceptors (Lipinski definition) is 5. The Labute approximate surface area is 220 Å². The Balaban J connectivity index is 1.49. The Morgan fingerprint density at radius 2 is 1.97 bits per heavy atom. The standard InChI is InChI=1S/C27H20ClFN4O3S/c1-36-23-11-10-18(28)13-20(23)25-30-27(32-31-25)37-24(26(34)35)12-17-15-33(22-9-5-3-7-19(17)22)14-16-6-2-4-8-21(16)29/h2-13,15H,14H2,1H3,(H,34,35)(H,30,31,32)/b24-12-. The summed E-state index contributed by atoms with van der Waals surface area (Å²) in [6.07, 6.45) is 3.39. The molecule has 2 aromatic heterocycles. The van der Waals surface area contributed by atoms with Crippen molar-refractivity contribution in [3.8, 4) is 17.1 Å². The van der Waals surface area contributed by atoms with Crippen molar-refractivity contribution < 1.29 is 19.0 Å². The number of thioether (sulfide) groups is 1. The maximum atomic E-state index is 14.3. The quantitative estimate of drug-likeness (QED) is 0.174. The summed E-state index contributed by atoms with van der Waals surface area (Å²) in [5.41, 5.74) is 2.69. The molecule has 5 rings (SSSR count). The largest absolute Gasteiger partial charge is 0.496 e. The van der Waals surface area contributed by atoms with E-state index in [1.807, 2.05) is 35.0 Å². The number of carboxylic acids is 1. The Hall–Kier alpha value is -4.08. The molecule has 0 saturated heterocycles. The molecule has 2 heterocycles. The van der Waals surface area contributed by atoms with Gasteiger partial charge in [-0.15, -0.1) is 5.10 Å². The molecule has 2 N–H and O–H groups in total. The van der Waals surface area contributed by atoms with Crippen LogP contribution in [0.5, 0.6) is 5.75 Å². The molecule has 0 unspecified atom stereocenters. The number of ether oxygens (including phenoxy) is 1. The second kappa shape index (κ2) is 10.5. The predicted molar refractivity (Wildman–Crippen MR) is 142 cm³/mol. The summed E-state index contributed by atoms with van der Waals surface area (Å²) in [4.78, 5) is 16.6. The number of aliphatic carboxylic acids is 1. The number of H-pyrrole nitrogens is 1. The van der Waals surface area contributed by atoms with Gasteiger partial charge >= 0.3 is 5.97 Å².